The van der Waals surface area contributed by atoms with Gasteiger partial charge in [-0.25, -0.2) is 0 Å². The second kappa shape index (κ2) is 6.18. The van der Waals surface area contributed by atoms with Gasteiger partial charge in [0.05, 0.1) is 5.56 Å². The fraction of sp³-hybridized carbons (Fsp3) is 0.333. The zero-order valence-electron chi connectivity index (χ0n) is 12.5. The largest absolute Gasteiger partial charge is 0.483 e. The first-order valence-corrected chi connectivity index (χ1v) is 7.58. The Bertz CT molecular complexity index is 707. The number of fused-ring (bicyclic) bond motifs is 1. The molecule has 2 aromatic rings. The van der Waals surface area contributed by atoms with E-state index in [0.29, 0.717) is 17.2 Å². The molecular formula is C18H19NO3. The normalized spacial score (nSPS) is 15.3. The third-order valence-electron chi connectivity index (χ3n) is 4.13. The summed E-state index contributed by atoms with van der Waals surface area (Å²) in [5.41, 5.74) is 0.487. The summed E-state index contributed by atoms with van der Waals surface area (Å²) in [4.78, 5) is 23.3. The first-order valence-electron chi connectivity index (χ1n) is 7.58. The summed E-state index contributed by atoms with van der Waals surface area (Å²) in [6, 6.07) is 11.4. The number of rotatable bonds is 6. The van der Waals surface area contributed by atoms with Crippen molar-refractivity contribution in [2.75, 3.05) is 6.61 Å². The van der Waals surface area contributed by atoms with E-state index >= 15 is 0 Å². The van der Waals surface area contributed by atoms with Crippen molar-refractivity contribution < 1.29 is 14.3 Å². The number of carbonyl (C=O) groups excluding carboxylic acids is 2. The van der Waals surface area contributed by atoms with Gasteiger partial charge in [0.2, 0.25) is 0 Å². The van der Waals surface area contributed by atoms with Crippen LogP contribution in [0.2, 0.25) is 0 Å². The molecule has 0 bridgehead atoms. The highest BCUT2D eigenvalue weighted by Crippen LogP contribution is 2.32. The van der Waals surface area contributed by atoms with Crippen LogP contribution in [0.1, 0.15) is 30.1 Å². The number of benzene rings is 2. The maximum absolute atomic E-state index is 11.9. The van der Waals surface area contributed by atoms with Gasteiger partial charge in [0, 0.05) is 6.04 Å². The molecule has 0 heterocycles. The number of amides is 1. The van der Waals surface area contributed by atoms with E-state index in [9.17, 15) is 9.59 Å². The van der Waals surface area contributed by atoms with Crippen molar-refractivity contribution in [1.82, 2.24) is 5.32 Å². The third kappa shape index (κ3) is 3.11. The highest BCUT2D eigenvalue weighted by Gasteiger charge is 2.28. The van der Waals surface area contributed by atoms with Gasteiger partial charge in [0.15, 0.2) is 12.9 Å². The van der Waals surface area contributed by atoms with Gasteiger partial charge >= 0.3 is 0 Å². The monoisotopic (exact) mass is 297 g/mol. The Morgan fingerprint density at radius 1 is 1.32 bits per heavy atom. The highest BCUT2D eigenvalue weighted by molar-refractivity contribution is 6.00. The van der Waals surface area contributed by atoms with Gasteiger partial charge in [-0.2, -0.15) is 0 Å². The maximum Gasteiger partial charge on any atom is 0.258 e. The minimum atomic E-state index is -0.149. The van der Waals surface area contributed by atoms with E-state index in [1.807, 2.05) is 37.3 Å². The minimum absolute atomic E-state index is 0.0732. The molecule has 3 rings (SSSR count). The Morgan fingerprint density at radius 3 is 2.82 bits per heavy atom. The molecule has 0 spiro atoms. The number of aldehydes is 1. The molecule has 0 saturated heterocycles. The van der Waals surface area contributed by atoms with E-state index in [-0.39, 0.29) is 18.6 Å². The van der Waals surface area contributed by atoms with Gasteiger partial charge in [-0.15, -0.1) is 0 Å². The summed E-state index contributed by atoms with van der Waals surface area (Å²) in [5, 5.41) is 4.75. The van der Waals surface area contributed by atoms with E-state index in [4.69, 9.17) is 4.74 Å². The topological polar surface area (TPSA) is 55.4 Å². The summed E-state index contributed by atoms with van der Waals surface area (Å²) in [6.45, 7) is 1.94. The zero-order chi connectivity index (χ0) is 15.5. The van der Waals surface area contributed by atoms with Crippen LogP contribution in [0.25, 0.3) is 10.8 Å². The van der Waals surface area contributed by atoms with Crippen LogP contribution < -0.4 is 10.1 Å². The van der Waals surface area contributed by atoms with Crippen LogP contribution in [0.15, 0.2) is 36.4 Å². The van der Waals surface area contributed by atoms with Crippen LogP contribution in [-0.2, 0) is 4.79 Å². The molecule has 0 unspecified atom stereocenters. The molecule has 0 aromatic heterocycles. The summed E-state index contributed by atoms with van der Waals surface area (Å²) < 4.78 is 5.56. The van der Waals surface area contributed by atoms with Crippen molar-refractivity contribution in [3.8, 4) is 5.75 Å². The average Bonchev–Trinajstić information content (AvgIpc) is 3.37. The summed E-state index contributed by atoms with van der Waals surface area (Å²) in [6.07, 6.45) is 3.15. The molecule has 1 saturated carbocycles. The van der Waals surface area contributed by atoms with E-state index in [1.54, 1.807) is 6.07 Å². The van der Waals surface area contributed by atoms with Crippen LogP contribution >= 0.6 is 0 Å². The molecular weight excluding hydrogens is 278 g/mol. The molecule has 0 radical (unpaired) electrons. The molecule has 1 N–H and O–H groups in total. The van der Waals surface area contributed by atoms with Crippen LogP contribution in [0.4, 0.5) is 0 Å². The molecule has 1 fully saturated rings. The summed E-state index contributed by atoms with van der Waals surface area (Å²) in [5.74, 6) is 0.905. The predicted octanol–water partition coefficient (Wildman–Crippen LogP) is 2.95. The Hall–Kier alpha value is -2.36. The lowest BCUT2D eigenvalue weighted by Crippen LogP contribution is -2.37. The number of ether oxygens (including phenoxy) is 1. The van der Waals surface area contributed by atoms with Crippen LogP contribution in [0.3, 0.4) is 0 Å². The first-order chi connectivity index (χ1) is 10.7. The molecule has 114 valence electrons. The second-order valence-electron chi connectivity index (χ2n) is 5.80. The van der Waals surface area contributed by atoms with Gasteiger partial charge in [-0.05, 0) is 42.5 Å². The van der Waals surface area contributed by atoms with Crippen molar-refractivity contribution >= 4 is 23.0 Å². The maximum atomic E-state index is 11.9. The van der Waals surface area contributed by atoms with Gasteiger partial charge < -0.3 is 10.1 Å². The van der Waals surface area contributed by atoms with Crippen molar-refractivity contribution in [3.05, 3.63) is 42.0 Å². The fourth-order valence-corrected chi connectivity index (χ4v) is 2.68. The van der Waals surface area contributed by atoms with Crippen molar-refractivity contribution in [2.24, 2.45) is 5.92 Å². The number of hydrogen-bond acceptors (Lipinski definition) is 3. The molecule has 2 aromatic carbocycles. The Balaban J connectivity index is 1.70. The van der Waals surface area contributed by atoms with Crippen molar-refractivity contribution in [1.29, 1.82) is 0 Å². The van der Waals surface area contributed by atoms with E-state index < -0.39 is 0 Å². The Kier molecular flexibility index (Phi) is 4.09. The standard InChI is InChI=1S/C18H19NO3/c1-12(13-6-7-13)19-18(21)11-22-17-9-8-14-4-2-3-5-15(14)16(17)10-20/h2-5,8-10,12-13H,6-7,11H2,1H3,(H,19,21)/t12-/m0/s1. The zero-order valence-corrected chi connectivity index (χ0v) is 12.5. The van der Waals surface area contributed by atoms with Crippen LogP contribution in [-0.4, -0.2) is 24.8 Å². The summed E-state index contributed by atoms with van der Waals surface area (Å²) in [7, 11) is 0. The number of nitrogens with one attached hydrogen (secondary N) is 1. The fourth-order valence-electron chi connectivity index (χ4n) is 2.68. The lowest BCUT2D eigenvalue weighted by molar-refractivity contribution is -0.123. The summed E-state index contributed by atoms with van der Waals surface area (Å²) >= 11 is 0. The van der Waals surface area contributed by atoms with E-state index in [2.05, 4.69) is 5.32 Å². The quantitative estimate of drug-likeness (QED) is 0.834. The Labute approximate surface area is 129 Å². The van der Waals surface area contributed by atoms with Gasteiger partial charge in [0.1, 0.15) is 5.75 Å². The first kappa shape index (κ1) is 14.6. The highest BCUT2D eigenvalue weighted by atomic mass is 16.5. The van der Waals surface area contributed by atoms with Crippen LogP contribution in [0.5, 0.6) is 5.75 Å². The minimum Gasteiger partial charge on any atom is -0.483 e. The molecule has 1 aliphatic carbocycles. The lowest BCUT2D eigenvalue weighted by atomic mass is 10.0. The average molecular weight is 297 g/mol. The lowest BCUT2D eigenvalue weighted by Gasteiger charge is -2.14. The van der Waals surface area contributed by atoms with Gasteiger partial charge in [0.25, 0.3) is 5.91 Å². The second-order valence-corrected chi connectivity index (χ2v) is 5.80. The van der Waals surface area contributed by atoms with E-state index in [1.165, 1.54) is 12.8 Å². The van der Waals surface area contributed by atoms with Crippen LogP contribution in [0, 0.1) is 5.92 Å². The molecule has 1 aliphatic rings. The third-order valence-corrected chi connectivity index (χ3v) is 4.13. The SMILES string of the molecule is C[C@H](NC(=O)COc1ccc2ccccc2c1C=O)C1CC1. The van der Waals surface area contributed by atoms with E-state index in [0.717, 1.165) is 17.1 Å². The van der Waals surface area contributed by atoms with Gasteiger partial charge in [-0.3, -0.25) is 9.59 Å². The molecule has 1 atom stereocenters. The molecule has 4 nitrogen and oxygen atoms in total. The molecule has 1 amide bonds. The molecule has 4 heteroatoms. The van der Waals surface area contributed by atoms with Gasteiger partial charge in [-0.1, -0.05) is 30.3 Å². The molecule has 22 heavy (non-hydrogen) atoms. The smallest absolute Gasteiger partial charge is 0.258 e. The van der Waals surface area contributed by atoms with Crippen molar-refractivity contribution in [3.63, 3.8) is 0 Å². The molecule has 0 aliphatic heterocycles. The predicted molar refractivity (Wildman–Crippen MR) is 85.2 cm³/mol. The van der Waals surface area contributed by atoms with Crippen molar-refractivity contribution in [2.45, 2.75) is 25.8 Å². The number of hydrogen-bond donors (Lipinski definition) is 1. The number of carbonyl (C=O) groups is 2. The Morgan fingerprint density at radius 2 is 2.09 bits per heavy atom.